The summed E-state index contributed by atoms with van der Waals surface area (Å²) in [4.78, 5) is 29.4. The Balaban J connectivity index is 1.57. The molecule has 4 rings (SSSR count). The highest BCUT2D eigenvalue weighted by atomic mass is 19.1. The highest BCUT2D eigenvalue weighted by molar-refractivity contribution is 5.93. The van der Waals surface area contributed by atoms with E-state index in [0.29, 0.717) is 30.9 Å². The fraction of sp³-hybridized carbons (Fsp3) is 0.435. The molecule has 1 aromatic heterocycles. The number of nitrogens with two attached hydrogens (primary N) is 2. The van der Waals surface area contributed by atoms with Crippen molar-refractivity contribution in [2.75, 3.05) is 13.1 Å². The topological polar surface area (TPSA) is 102 Å². The number of nitrogens with one attached hydrogen (secondary N) is 1. The van der Waals surface area contributed by atoms with Gasteiger partial charge in [0.25, 0.3) is 5.91 Å². The van der Waals surface area contributed by atoms with Crippen LogP contribution in [0.2, 0.25) is 0 Å². The fourth-order valence-electron chi connectivity index (χ4n) is 4.35. The number of hydrogen-bond acceptors (Lipinski definition) is 3. The van der Waals surface area contributed by atoms with Crippen LogP contribution in [0.3, 0.4) is 0 Å². The summed E-state index contributed by atoms with van der Waals surface area (Å²) in [5, 5.41) is 5.25. The highest BCUT2D eigenvalue weighted by Crippen LogP contribution is 2.41. The van der Waals surface area contributed by atoms with Crippen molar-refractivity contribution < 1.29 is 19.3 Å². The van der Waals surface area contributed by atoms with Crippen molar-refractivity contribution >= 4 is 11.8 Å². The quantitative estimate of drug-likeness (QED) is 0.642. The third-order valence-electron chi connectivity index (χ3n) is 6.09. The third-order valence-corrected chi connectivity index (χ3v) is 6.09. The first-order valence-electron chi connectivity index (χ1n) is 10.6. The van der Waals surface area contributed by atoms with Crippen molar-refractivity contribution in [2.24, 2.45) is 5.73 Å². The van der Waals surface area contributed by atoms with Crippen LogP contribution in [0.15, 0.2) is 36.4 Å². The molecule has 0 bridgehead atoms. The van der Waals surface area contributed by atoms with E-state index in [0.717, 1.165) is 42.8 Å². The number of quaternary nitrogens is 1. The Bertz CT molecular complexity index is 935. The Labute approximate surface area is 175 Å². The lowest BCUT2D eigenvalue weighted by molar-refractivity contribution is -0.665. The zero-order chi connectivity index (χ0) is 21.1. The summed E-state index contributed by atoms with van der Waals surface area (Å²) >= 11 is 0. The number of rotatable bonds is 7. The summed E-state index contributed by atoms with van der Waals surface area (Å²) in [7, 11) is 0. The summed E-state index contributed by atoms with van der Waals surface area (Å²) in [6, 6.07) is 10.1. The van der Waals surface area contributed by atoms with Gasteiger partial charge in [0.15, 0.2) is 0 Å². The molecule has 1 saturated carbocycles. The van der Waals surface area contributed by atoms with Gasteiger partial charge in [-0.05, 0) is 48.1 Å². The van der Waals surface area contributed by atoms with Crippen LogP contribution < -0.4 is 16.4 Å². The zero-order valence-electron chi connectivity index (χ0n) is 17.0. The number of carbonyl (C=O) groups excluding carboxylic acids is 2. The first-order valence-corrected chi connectivity index (χ1v) is 10.6. The van der Waals surface area contributed by atoms with E-state index in [9.17, 15) is 14.0 Å². The van der Waals surface area contributed by atoms with Crippen LogP contribution in [0.25, 0.3) is 0 Å². The lowest BCUT2D eigenvalue weighted by Crippen LogP contribution is -2.88. The van der Waals surface area contributed by atoms with Gasteiger partial charge in [-0.3, -0.25) is 9.59 Å². The Kier molecular flexibility index (Phi) is 5.81. The lowest BCUT2D eigenvalue weighted by Gasteiger charge is -2.35. The van der Waals surface area contributed by atoms with E-state index in [1.165, 1.54) is 12.1 Å². The summed E-state index contributed by atoms with van der Waals surface area (Å²) in [5.74, 6) is -0.473. The second-order valence-corrected chi connectivity index (χ2v) is 8.55. The van der Waals surface area contributed by atoms with Crippen LogP contribution in [0, 0.1) is 5.82 Å². The molecule has 2 fully saturated rings. The summed E-state index contributed by atoms with van der Waals surface area (Å²) in [6.07, 6.45) is 4.34. The zero-order valence-corrected chi connectivity index (χ0v) is 17.0. The van der Waals surface area contributed by atoms with Gasteiger partial charge in [0.05, 0.1) is 18.6 Å². The van der Waals surface area contributed by atoms with E-state index in [1.807, 2.05) is 6.07 Å². The predicted molar refractivity (Wildman–Crippen MR) is 110 cm³/mol. The molecule has 0 spiro atoms. The number of pyridine rings is 1. The van der Waals surface area contributed by atoms with E-state index in [4.69, 9.17) is 10.7 Å². The van der Waals surface area contributed by atoms with Gasteiger partial charge < -0.3 is 16.4 Å². The average Bonchev–Trinajstić information content (AvgIpc) is 3.55. The van der Waals surface area contributed by atoms with Gasteiger partial charge in [0.2, 0.25) is 5.91 Å². The van der Waals surface area contributed by atoms with E-state index in [-0.39, 0.29) is 18.1 Å². The number of primary amides is 1. The van der Waals surface area contributed by atoms with Crippen molar-refractivity contribution in [3.8, 4) is 0 Å². The van der Waals surface area contributed by atoms with Gasteiger partial charge in [-0.15, -0.1) is 0 Å². The van der Waals surface area contributed by atoms with Crippen molar-refractivity contribution in [2.45, 2.75) is 50.0 Å². The maximum Gasteiger partial charge on any atom is 0.270 e. The van der Waals surface area contributed by atoms with Crippen LogP contribution in [-0.4, -0.2) is 35.4 Å². The van der Waals surface area contributed by atoms with Crippen molar-refractivity contribution in [3.63, 3.8) is 0 Å². The second-order valence-electron chi connectivity index (χ2n) is 8.55. The SMILES string of the molecule is NC(=O)CC1(NC(=O)c2ccc(C3CC3)c(Cc3ccc(F)cc3)n2)CC[NH2+]CC1. The van der Waals surface area contributed by atoms with Gasteiger partial charge in [-0.2, -0.15) is 0 Å². The summed E-state index contributed by atoms with van der Waals surface area (Å²) in [5.41, 5.74) is 8.17. The van der Waals surface area contributed by atoms with Crippen LogP contribution in [0.1, 0.15) is 65.3 Å². The molecule has 2 aliphatic rings. The van der Waals surface area contributed by atoms with E-state index >= 15 is 0 Å². The van der Waals surface area contributed by atoms with Gasteiger partial charge in [0.1, 0.15) is 11.5 Å². The number of hydrogen-bond donors (Lipinski definition) is 3. The molecule has 1 aliphatic heterocycles. The smallest absolute Gasteiger partial charge is 0.270 e. The molecule has 1 saturated heterocycles. The Morgan fingerprint density at radius 3 is 2.47 bits per heavy atom. The molecule has 0 radical (unpaired) electrons. The van der Waals surface area contributed by atoms with E-state index < -0.39 is 11.4 Å². The first kappa shape index (κ1) is 20.5. The highest BCUT2D eigenvalue weighted by Gasteiger charge is 2.37. The molecule has 1 aromatic carbocycles. The molecule has 6 nitrogen and oxygen atoms in total. The molecule has 2 heterocycles. The number of aromatic nitrogens is 1. The van der Waals surface area contributed by atoms with Crippen LogP contribution in [-0.2, 0) is 11.2 Å². The van der Waals surface area contributed by atoms with Gasteiger partial charge in [0, 0.05) is 31.4 Å². The molecule has 158 valence electrons. The minimum absolute atomic E-state index is 0.134. The van der Waals surface area contributed by atoms with Crippen LogP contribution in [0.5, 0.6) is 0 Å². The number of amides is 2. The van der Waals surface area contributed by atoms with Crippen molar-refractivity contribution in [3.05, 3.63) is 64.7 Å². The number of nitrogens with zero attached hydrogens (tertiary/aromatic N) is 1. The Morgan fingerprint density at radius 2 is 1.83 bits per heavy atom. The Hall–Kier alpha value is -2.80. The normalized spacial score (nSPS) is 18.0. The summed E-state index contributed by atoms with van der Waals surface area (Å²) in [6.45, 7) is 1.69. The van der Waals surface area contributed by atoms with Crippen LogP contribution in [0.4, 0.5) is 4.39 Å². The molecule has 0 unspecified atom stereocenters. The van der Waals surface area contributed by atoms with Gasteiger partial charge in [-0.25, -0.2) is 9.37 Å². The summed E-state index contributed by atoms with van der Waals surface area (Å²) < 4.78 is 13.3. The van der Waals surface area contributed by atoms with E-state index in [2.05, 4.69) is 10.6 Å². The third kappa shape index (κ3) is 4.84. The Morgan fingerprint density at radius 1 is 1.13 bits per heavy atom. The molecule has 30 heavy (non-hydrogen) atoms. The molecule has 5 N–H and O–H groups in total. The molecule has 2 amide bonds. The van der Waals surface area contributed by atoms with E-state index in [1.54, 1.807) is 18.2 Å². The molecular formula is C23H28FN4O2+. The minimum Gasteiger partial charge on any atom is -0.370 e. The number of halogens is 1. The van der Waals surface area contributed by atoms with Crippen molar-refractivity contribution in [1.82, 2.24) is 10.3 Å². The maximum absolute atomic E-state index is 13.3. The van der Waals surface area contributed by atoms with Gasteiger partial charge >= 0.3 is 0 Å². The molecular weight excluding hydrogens is 383 g/mol. The maximum atomic E-state index is 13.3. The monoisotopic (exact) mass is 411 g/mol. The molecule has 2 aromatic rings. The molecule has 7 heteroatoms. The minimum atomic E-state index is -0.606. The first-order chi connectivity index (χ1) is 14.4. The fourth-order valence-corrected chi connectivity index (χ4v) is 4.35. The number of benzene rings is 1. The standard InChI is InChI=1S/C23H27FN4O2/c24-17-5-1-15(2-6-17)13-20-18(16-3-4-16)7-8-19(27-20)22(30)28-23(14-21(25)29)9-11-26-12-10-23/h1-2,5-8,16,26H,3-4,9-14H2,(H2,25,29)(H,28,30)/p+1. The lowest BCUT2D eigenvalue weighted by atomic mass is 9.84. The molecule has 1 aliphatic carbocycles. The van der Waals surface area contributed by atoms with Crippen molar-refractivity contribution in [1.29, 1.82) is 0 Å². The van der Waals surface area contributed by atoms with Gasteiger partial charge in [-0.1, -0.05) is 18.2 Å². The van der Waals surface area contributed by atoms with Crippen LogP contribution >= 0.6 is 0 Å². The second kappa shape index (κ2) is 8.52. The largest absolute Gasteiger partial charge is 0.370 e. The average molecular weight is 412 g/mol. The molecule has 0 atom stereocenters. The number of carbonyl (C=O) groups is 2. The number of piperidine rings is 1. The predicted octanol–water partition coefficient (Wildman–Crippen LogP) is 1.39.